The first-order chi connectivity index (χ1) is 16.8. The molecule has 0 radical (unpaired) electrons. The molecule has 1 saturated heterocycles. The summed E-state index contributed by atoms with van der Waals surface area (Å²) in [6, 6.07) is 18.6. The molecule has 4 aromatic rings. The minimum atomic E-state index is -4.62. The number of alkyl halides is 3. The number of morpholine rings is 1. The molecule has 6 nitrogen and oxygen atoms in total. The topological polar surface area (TPSA) is 59.4 Å². The number of para-hydroxylation sites is 1. The van der Waals surface area contributed by atoms with Gasteiger partial charge in [0.25, 0.3) is 5.91 Å². The number of anilines is 2. The predicted octanol–water partition coefficient (Wildman–Crippen LogP) is 5.44. The Balaban J connectivity index is 1.44. The van der Waals surface area contributed by atoms with Crippen molar-refractivity contribution >= 4 is 28.3 Å². The quantitative estimate of drug-likeness (QED) is 0.423. The van der Waals surface area contributed by atoms with Gasteiger partial charge in [0, 0.05) is 30.0 Å². The molecule has 1 aliphatic rings. The Morgan fingerprint density at radius 1 is 0.971 bits per heavy atom. The van der Waals surface area contributed by atoms with Crippen LogP contribution in [0.2, 0.25) is 0 Å². The second-order valence-electron chi connectivity index (χ2n) is 8.31. The van der Waals surface area contributed by atoms with Gasteiger partial charge < -0.3 is 15.0 Å². The van der Waals surface area contributed by atoms with Crippen molar-refractivity contribution in [2.75, 3.05) is 36.5 Å². The smallest absolute Gasteiger partial charge is 0.378 e. The number of halogens is 3. The number of imidazole rings is 1. The third-order valence-corrected chi connectivity index (χ3v) is 6.03. The first kappa shape index (κ1) is 22.9. The standard InChI is InChI=1S/C26H23F3N4O2/c1-17-30-23-15-18(7-10-24(23)33(17)19-5-3-2-4-6-19)25(34)31-22-9-8-20(16-21(22)26(27,28)29)32-11-13-35-14-12-32/h2-10,15-16H,11-14H2,1H3,(H,31,34). The highest BCUT2D eigenvalue weighted by atomic mass is 19.4. The highest BCUT2D eigenvalue weighted by Crippen LogP contribution is 2.38. The zero-order valence-corrected chi connectivity index (χ0v) is 19.0. The molecule has 0 saturated carbocycles. The van der Waals surface area contributed by atoms with Crippen LogP contribution in [-0.4, -0.2) is 41.8 Å². The fraction of sp³-hybridized carbons (Fsp3) is 0.231. The molecule has 3 aromatic carbocycles. The Labute approximate surface area is 199 Å². The average molecular weight is 480 g/mol. The number of carbonyl (C=O) groups is 1. The van der Waals surface area contributed by atoms with E-state index < -0.39 is 17.6 Å². The lowest BCUT2D eigenvalue weighted by molar-refractivity contribution is -0.136. The number of aromatic nitrogens is 2. The number of amides is 1. The van der Waals surface area contributed by atoms with Gasteiger partial charge in [-0.1, -0.05) is 18.2 Å². The summed E-state index contributed by atoms with van der Waals surface area (Å²) in [6.07, 6.45) is -4.62. The van der Waals surface area contributed by atoms with Crippen LogP contribution in [0.3, 0.4) is 0 Å². The highest BCUT2D eigenvalue weighted by Gasteiger charge is 2.35. The average Bonchev–Trinajstić information content (AvgIpc) is 3.19. The monoisotopic (exact) mass is 480 g/mol. The zero-order chi connectivity index (χ0) is 24.6. The van der Waals surface area contributed by atoms with Gasteiger partial charge >= 0.3 is 6.18 Å². The number of aryl methyl sites for hydroxylation is 1. The summed E-state index contributed by atoms with van der Waals surface area (Å²) < 4.78 is 48.8. The van der Waals surface area contributed by atoms with E-state index in [2.05, 4.69) is 10.3 Å². The van der Waals surface area contributed by atoms with Gasteiger partial charge in [-0.2, -0.15) is 13.2 Å². The van der Waals surface area contributed by atoms with Crippen molar-refractivity contribution in [1.82, 2.24) is 9.55 Å². The van der Waals surface area contributed by atoms with E-state index in [1.165, 1.54) is 6.07 Å². The molecule has 0 atom stereocenters. The molecule has 0 aliphatic carbocycles. The lowest BCUT2D eigenvalue weighted by Crippen LogP contribution is -2.36. The molecule has 5 rings (SSSR count). The number of hydrogen-bond acceptors (Lipinski definition) is 4. The van der Waals surface area contributed by atoms with Crippen molar-refractivity contribution < 1.29 is 22.7 Å². The number of rotatable bonds is 4. The van der Waals surface area contributed by atoms with Gasteiger partial charge in [0.2, 0.25) is 0 Å². The van der Waals surface area contributed by atoms with Crippen molar-refractivity contribution in [2.24, 2.45) is 0 Å². The minimum Gasteiger partial charge on any atom is -0.378 e. The second kappa shape index (κ2) is 9.07. The van der Waals surface area contributed by atoms with E-state index in [0.29, 0.717) is 37.5 Å². The molecule has 9 heteroatoms. The van der Waals surface area contributed by atoms with Crippen molar-refractivity contribution in [3.8, 4) is 5.69 Å². The molecule has 1 aromatic heterocycles. The zero-order valence-electron chi connectivity index (χ0n) is 19.0. The van der Waals surface area contributed by atoms with Crippen molar-refractivity contribution in [3.63, 3.8) is 0 Å². The molecular formula is C26H23F3N4O2. The third kappa shape index (κ3) is 4.59. The molecule has 35 heavy (non-hydrogen) atoms. The van der Waals surface area contributed by atoms with E-state index in [1.54, 1.807) is 24.3 Å². The van der Waals surface area contributed by atoms with Crippen LogP contribution in [0, 0.1) is 6.92 Å². The molecular weight excluding hydrogens is 457 g/mol. The van der Waals surface area contributed by atoms with Crippen molar-refractivity contribution in [1.29, 1.82) is 0 Å². The van der Waals surface area contributed by atoms with Crippen molar-refractivity contribution in [3.05, 3.63) is 83.7 Å². The maximum Gasteiger partial charge on any atom is 0.418 e. The number of hydrogen-bond donors (Lipinski definition) is 1. The normalized spacial score (nSPS) is 14.3. The van der Waals surface area contributed by atoms with Crippen LogP contribution in [0.25, 0.3) is 16.7 Å². The number of ether oxygens (including phenoxy) is 1. The number of benzene rings is 3. The molecule has 1 fully saturated rings. The fourth-order valence-corrected chi connectivity index (χ4v) is 4.33. The van der Waals surface area contributed by atoms with Crippen LogP contribution in [0.1, 0.15) is 21.7 Å². The van der Waals surface area contributed by atoms with E-state index in [0.717, 1.165) is 23.1 Å². The predicted molar refractivity (Wildman–Crippen MR) is 128 cm³/mol. The molecule has 0 unspecified atom stereocenters. The third-order valence-electron chi connectivity index (χ3n) is 6.03. The Morgan fingerprint density at radius 3 is 2.43 bits per heavy atom. The number of nitrogens with zero attached hydrogens (tertiary/aromatic N) is 3. The Kier molecular flexibility index (Phi) is 5.94. The maximum atomic E-state index is 13.9. The molecule has 0 spiro atoms. The van der Waals surface area contributed by atoms with Crippen molar-refractivity contribution in [2.45, 2.75) is 13.1 Å². The lowest BCUT2D eigenvalue weighted by Gasteiger charge is -2.29. The van der Waals surface area contributed by atoms with E-state index in [-0.39, 0.29) is 11.3 Å². The van der Waals surface area contributed by atoms with Gasteiger partial charge in [-0.3, -0.25) is 9.36 Å². The summed E-state index contributed by atoms with van der Waals surface area (Å²) in [4.78, 5) is 19.3. The second-order valence-corrected chi connectivity index (χ2v) is 8.31. The minimum absolute atomic E-state index is 0.223. The molecule has 1 aliphatic heterocycles. The molecule has 180 valence electrons. The summed E-state index contributed by atoms with van der Waals surface area (Å²) in [5.41, 5.74) is 1.81. The molecule has 0 bridgehead atoms. The summed E-state index contributed by atoms with van der Waals surface area (Å²) in [5, 5.41) is 2.44. The highest BCUT2D eigenvalue weighted by molar-refractivity contribution is 6.06. The van der Waals surface area contributed by atoms with Crippen LogP contribution < -0.4 is 10.2 Å². The summed E-state index contributed by atoms with van der Waals surface area (Å²) in [7, 11) is 0. The lowest BCUT2D eigenvalue weighted by atomic mass is 10.1. The van der Waals surface area contributed by atoms with Gasteiger partial charge in [-0.05, 0) is 55.5 Å². The van der Waals surface area contributed by atoms with Gasteiger partial charge in [0.1, 0.15) is 5.82 Å². The van der Waals surface area contributed by atoms with Crippen LogP contribution in [0.15, 0.2) is 66.7 Å². The summed E-state index contributed by atoms with van der Waals surface area (Å²) in [5.74, 6) is 0.102. The van der Waals surface area contributed by atoms with E-state index in [4.69, 9.17) is 4.74 Å². The Bertz CT molecular complexity index is 1380. The number of nitrogens with one attached hydrogen (secondary N) is 1. The number of fused-ring (bicyclic) bond motifs is 1. The van der Waals surface area contributed by atoms with E-state index in [9.17, 15) is 18.0 Å². The van der Waals surface area contributed by atoms with Gasteiger partial charge in [-0.25, -0.2) is 4.98 Å². The largest absolute Gasteiger partial charge is 0.418 e. The fourth-order valence-electron chi connectivity index (χ4n) is 4.33. The van der Waals surface area contributed by atoms with Gasteiger partial charge in [0.05, 0.1) is 35.5 Å². The number of carbonyl (C=O) groups excluding carboxylic acids is 1. The Hall–Kier alpha value is -3.85. The first-order valence-electron chi connectivity index (χ1n) is 11.2. The summed E-state index contributed by atoms with van der Waals surface area (Å²) >= 11 is 0. The molecule has 1 amide bonds. The Morgan fingerprint density at radius 2 is 1.71 bits per heavy atom. The van der Waals surface area contributed by atoms with Crippen LogP contribution in [0.5, 0.6) is 0 Å². The SMILES string of the molecule is Cc1nc2cc(C(=O)Nc3ccc(N4CCOCC4)cc3C(F)(F)F)ccc2n1-c1ccccc1. The van der Waals surface area contributed by atoms with Gasteiger partial charge in [-0.15, -0.1) is 0 Å². The molecule has 1 N–H and O–H groups in total. The summed E-state index contributed by atoms with van der Waals surface area (Å²) in [6.45, 7) is 3.80. The van der Waals surface area contributed by atoms with Gasteiger partial charge in [0.15, 0.2) is 0 Å². The van der Waals surface area contributed by atoms with E-state index in [1.807, 2.05) is 46.7 Å². The van der Waals surface area contributed by atoms with Crippen LogP contribution in [0.4, 0.5) is 24.5 Å². The van der Waals surface area contributed by atoms with Crippen LogP contribution >= 0.6 is 0 Å². The van der Waals surface area contributed by atoms with E-state index >= 15 is 0 Å². The molecule has 2 heterocycles. The van der Waals surface area contributed by atoms with Crippen LogP contribution in [-0.2, 0) is 10.9 Å². The maximum absolute atomic E-state index is 13.9. The first-order valence-corrected chi connectivity index (χ1v) is 11.2.